The first kappa shape index (κ1) is 13.7. The molecular weight excluding hydrogens is 308 g/mol. The summed E-state index contributed by atoms with van der Waals surface area (Å²) in [6.07, 6.45) is 3.70. The Bertz CT molecular complexity index is 494. The van der Waals surface area contributed by atoms with Crippen molar-refractivity contribution in [2.24, 2.45) is 0 Å². The lowest BCUT2D eigenvalue weighted by molar-refractivity contribution is 0.476. The quantitative estimate of drug-likeness (QED) is 0.900. The van der Waals surface area contributed by atoms with Gasteiger partial charge in [-0.1, -0.05) is 19.9 Å². The number of aromatic nitrogens is 1. The highest BCUT2D eigenvalue weighted by Gasteiger charge is 2.20. The molecule has 4 heteroatoms. The summed E-state index contributed by atoms with van der Waals surface area (Å²) in [6.45, 7) is 6.34. The molecule has 2 nitrogen and oxygen atoms in total. The molecule has 0 aliphatic heterocycles. The topological polar surface area (TPSA) is 24.9 Å². The van der Waals surface area contributed by atoms with Crippen molar-refractivity contribution in [3.63, 3.8) is 0 Å². The van der Waals surface area contributed by atoms with Gasteiger partial charge in [0.15, 0.2) is 0 Å². The van der Waals surface area contributed by atoms with Crippen molar-refractivity contribution in [1.29, 1.82) is 0 Å². The number of thiophene rings is 1. The SMILES string of the molecule is CC(C)(CNCc1cncc(Br)c1)c1cccs1. The van der Waals surface area contributed by atoms with Gasteiger partial charge in [0, 0.05) is 40.2 Å². The van der Waals surface area contributed by atoms with Crippen LogP contribution in [0.2, 0.25) is 0 Å². The lowest BCUT2D eigenvalue weighted by Crippen LogP contribution is -2.31. The maximum Gasteiger partial charge on any atom is 0.0410 e. The fourth-order valence-electron chi connectivity index (χ4n) is 1.82. The number of hydrogen-bond donors (Lipinski definition) is 1. The zero-order valence-electron chi connectivity index (χ0n) is 10.6. The highest BCUT2D eigenvalue weighted by atomic mass is 79.9. The Morgan fingerprint density at radius 2 is 2.22 bits per heavy atom. The van der Waals surface area contributed by atoms with Gasteiger partial charge in [-0.2, -0.15) is 0 Å². The summed E-state index contributed by atoms with van der Waals surface area (Å²) in [6, 6.07) is 6.41. The van der Waals surface area contributed by atoms with E-state index in [1.165, 1.54) is 10.4 Å². The van der Waals surface area contributed by atoms with E-state index in [-0.39, 0.29) is 5.41 Å². The van der Waals surface area contributed by atoms with Crippen molar-refractivity contribution >= 4 is 27.3 Å². The molecule has 0 spiro atoms. The Morgan fingerprint density at radius 3 is 2.89 bits per heavy atom. The first-order chi connectivity index (χ1) is 8.58. The van der Waals surface area contributed by atoms with Crippen molar-refractivity contribution in [2.45, 2.75) is 25.8 Å². The van der Waals surface area contributed by atoms with E-state index in [1.54, 1.807) is 6.20 Å². The van der Waals surface area contributed by atoms with Gasteiger partial charge in [-0.25, -0.2) is 0 Å². The van der Waals surface area contributed by atoms with E-state index >= 15 is 0 Å². The minimum Gasteiger partial charge on any atom is -0.312 e. The molecule has 2 aromatic heterocycles. The minimum absolute atomic E-state index is 0.174. The van der Waals surface area contributed by atoms with Gasteiger partial charge in [0.1, 0.15) is 0 Å². The number of halogens is 1. The molecular formula is C14H17BrN2S. The van der Waals surface area contributed by atoms with Gasteiger partial charge < -0.3 is 5.32 Å². The Morgan fingerprint density at radius 1 is 1.39 bits per heavy atom. The van der Waals surface area contributed by atoms with E-state index in [0.717, 1.165) is 17.6 Å². The van der Waals surface area contributed by atoms with E-state index < -0.39 is 0 Å². The van der Waals surface area contributed by atoms with Gasteiger partial charge in [-0.15, -0.1) is 11.3 Å². The number of pyridine rings is 1. The van der Waals surface area contributed by atoms with E-state index in [2.05, 4.69) is 63.7 Å². The molecule has 96 valence electrons. The molecule has 0 aliphatic carbocycles. The van der Waals surface area contributed by atoms with Crippen molar-refractivity contribution in [3.05, 3.63) is 50.9 Å². The normalized spacial score (nSPS) is 11.7. The summed E-state index contributed by atoms with van der Waals surface area (Å²) in [7, 11) is 0. The van der Waals surface area contributed by atoms with E-state index in [4.69, 9.17) is 0 Å². The van der Waals surface area contributed by atoms with Gasteiger partial charge in [-0.3, -0.25) is 4.98 Å². The van der Waals surface area contributed by atoms with Crippen LogP contribution in [0, 0.1) is 0 Å². The largest absolute Gasteiger partial charge is 0.312 e. The van der Waals surface area contributed by atoms with Gasteiger partial charge in [0.05, 0.1) is 0 Å². The van der Waals surface area contributed by atoms with Crippen molar-refractivity contribution in [2.75, 3.05) is 6.54 Å². The summed E-state index contributed by atoms with van der Waals surface area (Å²) in [4.78, 5) is 5.58. The number of hydrogen-bond acceptors (Lipinski definition) is 3. The maximum atomic E-state index is 4.16. The lowest BCUT2D eigenvalue weighted by Gasteiger charge is -2.23. The summed E-state index contributed by atoms with van der Waals surface area (Å²) >= 11 is 5.26. The molecule has 1 N–H and O–H groups in total. The fourth-order valence-corrected chi connectivity index (χ4v) is 3.09. The third kappa shape index (κ3) is 3.64. The van der Waals surface area contributed by atoms with E-state index in [0.29, 0.717) is 0 Å². The van der Waals surface area contributed by atoms with Crippen LogP contribution in [0.5, 0.6) is 0 Å². The van der Waals surface area contributed by atoms with E-state index in [1.807, 2.05) is 17.5 Å². The Labute approximate surface area is 121 Å². The molecule has 2 heterocycles. The fraction of sp³-hybridized carbons (Fsp3) is 0.357. The molecule has 0 amide bonds. The summed E-state index contributed by atoms with van der Waals surface area (Å²) < 4.78 is 1.03. The molecule has 0 saturated carbocycles. The Kier molecular flexibility index (Phi) is 4.54. The third-order valence-corrected chi connectivity index (χ3v) is 4.52. The van der Waals surface area contributed by atoms with Gasteiger partial charge >= 0.3 is 0 Å². The Balaban J connectivity index is 1.89. The second-order valence-electron chi connectivity index (χ2n) is 4.98. The van der Waals surface area contributed by atoms with Gasteiger partial charge in [-0.05, 0) is 39.0 Å². The summed E-state index contributed by atoms with van der Waals surface area (Å²) in [5.74, 6) is 0. The van der Waals surface area contributed by atoms with Crippen LogP contribution in [-0.2, 0) is 12.0 Å². The average Bonchev–Trinajstić information content (AvgIpc) is 2.83. The molecule has 18 heavy (non-hydrogen) atoms. The second kappa shape index (κ2) is 5.95. The van der Waals surface area contributed by atoms with E-state index in [9.17, 15) is 0 Å². The van der Waals surface area contributed by atoms with Crippen LogP contribution in [-0.4, -0.2) is 11.5 Å². The van der Waals surface area contributed by atoms with Crippen LogP contribution in [0.15, 0.2) is 40.4 Å². The highest BCUT2D eigenvalue weighted by Crippen LogP contribution is 2.26. The standard InChI is InChI=1S/C14H17BrN2S/c1-14(2,13-4-3-5-18-13)10-17-8-11-6-12(15)9-16-7-11/h3-7,9,17H,8,10H2,1-2H3. The smallest absolute Gasteiger partial charge is 0.0410 e. The first-order valence-electron chi connectivity index (χ1n) is 5.92. The highest BCUT2D eigenvalue weighted by molar-refractivity contribution is 9.10. The van der Waals surface area contributed by atoms with Gasteiger partial charge in [0.2, 0.25) is 0 Å². The second-order valence-corrected chi connectivity index (χ2v) is 6.84. The average molecular weight is 325 g/mol. The predicted octanol–water partition coefficient (Wildman–Crippen LogP) is 3.97. The van der Waals surface area contributed by atoms with Crippen molar-refractivity contribution < 1.29 is 0 Å². The molecule has 2 aromatic rings. The van der Waals surface area contributed by atoms with Crippen LogP contribution < -0.4 is 5.32 Å². The summed E-state index contributed by atoms with van der Waals surface area (Å²) in [5.41, 5.74) is 1.37. The molecule has 0 saturated heterocycles. The monoisotopic (exact) mass is 324 g/mol. The molecule has 0 bridgehead atoms. The van der Waals surface area contributed by atoms with Crippen LogP contribution in [0.1, 0.15) is 24.3 Å². The number of rotatable bonds is 5. The van der Waals surface area contributed by atoms with Crippen LogP contribution in [0.3, 0.4) is 0 Å². The molecule has 0 atom stereocenters. The lowest BCUT2D eigenvalue weighted by atomic mass is 9.91. The zero-order chi connectivity index (χ0) is 13.0. The third-order valence-electron chi connectivity index (χ3n) is 2.85. The first-order valence-corrected chi connectivity index (χ1v) is 7.59. The predicted molar refractivity (Wildman–Crippen MR) is 81.0 cm³/mol. The maximum absolute atomic E-state index is 4.16. The van der Waals surface area contributed by atoms with Crippen molar-refractivity contribution in [1.82, 2.24) is 10.3 Å². The van der Waals surface area contributed by atoms with Crippen LogP contribution in [0.4, 0.5) is 0 Å². The number of nitrogens with zero attached hydrogens (tertiary/aromatic N) is 1. The summed E-state index contributed by atoms with van der Waals surface area (Å²) in [5, 5.41) is 5.64. The molecule has 0 radical (unpaired) electrons. The van der Waals surface area contributed by atoms with Crippen molar-refractivity contribution in [3.8, 4) is 0 Å². The molecule has 0 aliphatic rings. The molecule has 0 unspecified atom stereocenters. The van der Waals surface area contributed by atoms with Crippen LogP contribution in [0.25, 0.3) is 0 Å². The van der Waals surface area contributed by atoms with Crippen LogP contribution >= 0.6 is 27.3 Å². The van der Waals surface area contributed by atoms with Gasteiger partial charge in [0.25, 0.3) is 0 Å². The Hall–Kier alpha value is -0.710. The minimum atomic E-state index is 0.174. The molecule has 2 rings (SSSR count). The number of nitrogens with one attached hydrogen (secondary N) is 1. The molecule has 0 aromatic carbocycles. The molecule has 0 fully saturated rings. The zero-order valence-corrected chi connectivity index (χ0v) is 13.0.